The first kappa shape index (κ1) is 11.2. The van der Waals surface area contributed by atoms with Crippen LogP contribution in [0.3, 0.4) is 0 Å². The van der Waals surface area contributed by atoms with Gasteiger partial charge in [-0.15, -0.1) is 0 Å². The summed E-state index contributed by atoms with van der Waals surface area (Å²) in [4.78, 5) is 26.3. The molecule has 1 aliphatic heterocycles. The number of amides is 3. The van der Waals surface area contributed by atoms with E-state index in [1.54, 1.807) is 4.90 Å². The van der Waals surface area contributed by atoms with Crippen LogP contribution in [-0.4, -0.2) is 60.5 Å². The zero-order chi connectivity index (χ0) is 11.5. The number of carbonyl (C=O) groups is 2. The van der Waals surface area contributed by atoms with Crippen molar-refractivity contribution in [2.24, 2.45) is 5.73 Å². The molecule has 3 N–H and O–H groups in total. The summed E-state index contributed by atoms with van der Waals surface area (Å²) in [6.07, 6.45) is 1.94. The van der Waals surface area contributed by atoms with E-state index in [0.717, 1.165) is 39.0 Å². The fraction of sp³-hybridized carbons (Fsp3) is 0.800. The van der Waals surface area contributed by atoms with Crippen molar-refractivity contribution in [2.45, 2.75) is 18.9 Å². The molecule has 0 radical (unpaired) electrons. The SMILES string of the molecule is NC(=O)N(CC(=O)N1CCNCC1)C1CC1. The molecule has 0 spiro atoms. The van der Waals surface area contributed by atoms with Crippen molar-refractivity contribution >= 4 is 11.9 Å². The van der Waals surface area contributed by atoms with E-state index < -0.39 is 6.03 Å². The van der Waals surface area contributed by atoms with Crippen LogP contribution in [0.15, 0.2) is 0 Å². The summed E-state index contributed by atoms with van der Waals surface area (Å²) in [5, 5.41) is 3.18. The lowest BCUT2D eigenvalue weighted by molar-refractivity contribution is -0.132. The topological polar surface area (TPSA) is 78.7 Å². The molecule has 2 aliphatic rings. The maximum Gasteiger partial charge on any atom is 0.315 e. The minimum absolute atomic E-state index is 0.00667. The van der Waals surface area contributed by atoms with Crippen molar-refractivity contribution in [3.05, 3.63) is 0 Å². The van der Waals surface area contributed by atoms with Crippen LogP contribution in [-0.2, 0) is 4.79 Å². The van der Waals surface area contributed by atoms with E-state index in [1.807, 2.05) is 0 Å². The summed E-state index contributed by atoms with van der Waals surface area (Å²) in [6.45, 7) is 3.23. The summed E-state index contributed by atoms with van der Waals surface area (Å²) in [5.74, 6) is 0.00667. The minimum Gasteiger partial charge on any atom is -0.351 e. The Balaban J connectivity index is 1.86. The molecule has 0 aromatic heterocycles. The van der Waals surface area contributed by atoms with Crippen LogP contribution in [0.1, 0.15) is 12.8 Å². The fourth-order valence-corrected chi connectivity index (χ4v) is 1.93. The first-order valence-electron chi connectivity index (χ1n) is 5.73. The van der Waals surface area contributed by atoms with E-state index in [4.69, 9.17) is 5.73 Å². The highest BCUT2D eigenvalue weighted by molar-refractivity contribution is 5.84. The molecule has 6 heteroatoms. The predicted octanol–water partition coefficient (Wildman–Crippen LogP) is -1.04. The van der Waals surface area contributed by atoms with Crippen molar-refractivity contribution in [3.63, 3.8) is 0 Å². The number of hydrogen-bond donors (Lipinski definition) is 2. The van der Waals surface area contributed by atoms with E-state index in [0.29, 0.717) is 0 Å². The van der Waals surface area contributed by atoms with E-state index in [-0.39, 0.29) is 18.5 Å². The van der Waals surface area contributed by atoms with Gasteiger partial charge in [-0.2, -0.15) is 0 Å². The molecule has 0 aromatic carbocycles. The van der Waals surface area contributed by atoms with E-state index in [1.165, 1.54) is 4.90 Å². The molecule has 1 aliphatic carbocycles. The van der Waals surface area contributed by atoms with Crippen LogP contribution in [0.5, 0.6) is 0 Å². The molecule has 0 atom stereocenters. The van der Waals surface area contributed by atoms with Gasteiger partial charge in [-0.1, -0.05) is 0 Å². The van der Waals surface area contributed by atoms with Crippen LogP contribution < -0.4 is 11.1 Å². The van der Waals surface area contributed by atoms with Gasteiger partial charge >= 0.3 is 6.03 Å². The molecule has 0 unspecified atom stereocenters. The lowest BCUT2D eigenvalue weighted by atomic mass is 10.3. The van der Waals surface area contributed by atoms with E-state index in [2.05, 4.69) is 5.32 Å². The van der Waals surface area contributed by atoms with Gasteiger partial charge in [0.25, 0.3) is 0 Å². The summed E-state index contributed by atoms with van der Waals surface area (Å²) in [5.41, 5.74) is 5.26. The molecular formula is C10H18N4O2. The van der Waals surface area contributed by atoms with Gasteiger partial charge in [0.05, 0.1) is 0 Å². The third kappa shape index (κ3) is 2.63. The Labute approximate surface area is 94.7 Å². The van der Waals surface area contributed by atoms with E-state index in [9.17, 15) is 9.59 Å². The fourth-order valence-electron chi connectivity index (χ4n) is 1.93. The van der Waals surface area contributed by atoms with Crippen molar-refractivity contribution in [3.8, 4) is 0 Å². The minimum atomic E-state index is -0.481. The number of primary amides is 1. The number of carbonyl (C=O) groups excluding carboxylic acids is 2. The van der Waals surface area contributed by atoms with Gasteiger partial charge in [0, 0.05) is 32.2 Å². The Hall–Kier alpha value is -1.30. The number of rotatable bonds is 3. The Morgan fingerprint density at radius 2 is 1.94 bits per heavy atom. The molecule has 0 aromatic rings. The molecule has 1 heterocycles. The van der Waals surface area contributed by atoms with Crippen LogP contribution in [0.2, 0.25) is 0 Å². The molecule has 2 rings (SSSR count). The Bertz CT molecular complexity index is 285. The summed E-state index contributed by atoms with van der Waals surface area (Å²) in [7, 11) is 0. The smallest absolute Gasteiger partial charge is 0.315 e. The third-order valence-electron chi connectivity index (χ3n) is 3.05. The van der Waals surface area contributed by atoms with Crippen LogP contribution in [0, 0.1) is 0 Å². The number of nitrogens with zero attached hydrogens (tertiary/aromatic N) is 2. The first-order chi connectivity index (χ1) is 7.68. The van der Waals surface area contributed by atoms with Crippen molar-refractivity contribution in [1.29, 1.82) is 0 Å². The largest absolute Gasteiger partial charge is 0.351 e. The summed E-state index contributed by atoms with van der Waals surface area (Å²) < 4.78 is 0. The predicted molar refractivity (Wildman–Crippen MR) is 58.8 cm³/mol. The highest BCUT2D eigenvalue weighted by Gasteiger charge is 2.33. The normalized spacial score (nSPS) is 20.6. The molecule has 6 nitrogen and oxygen atoms in total. The number of hydrogen-bond acceptors (Lipinski definition) is 3. The monoisotopic (exact) mass is 226 g/mol. The van der Waals surface area contributed by atoms with Gasteiger partial charge in [0.1, 0.15) is 6.54 Å². The number of piperazine rings is 1. The van der Waals surface area contributed by atoms with Gasteiger partial charge in [-0.3, -0.25) is 4.79 Å². The number of nitrogens with one attached hydrogen (secondary N) is 1. The molecule has 90 valence electrons. The third-order valence-corrected chi connectivity index (χ3v) is 3.05. The average Bonchev–Trinajstić information content (AvgIpc) is 3.10. The number of nitrogens with two attached hydrogens (primary N) is 1. The summed E-state index contributed by atoms with van der Waals surface area (Å²) in [6, 6.07) is -0.282. The lowest BCUT2D eigenvalue weighted by Gasteiger charge is -2.29. The Morgan fingerprint density at radius 3 is 2.44 bits per heavy atom. The van der Waals surface area contributed by atoms with Gasteiger partial charge in [-0.05, 0) is 12.8 Å². The summed E-state index contributed by atoms with van der Waals surface area (Å²) >= 11 is 0. The van der Waals surface area contributed by atoms with Gasteiger partial charge in [0.2, 0.25) is 5.91 Å². The van der Waals surface area contributed by atoms with Crippen LogP contribution >= 0.6 is 0 Å². The highest BCUT2D eigenvalue weighted by atomic mass is 16.2. The van der Waals surface area contributed by atoms with Gasteiger partial charge in [-0.25, -0.2) is 4.79 Å². The molecule has 2 fully saturated rings. The molecule has 3 amide bonds. The standard InChI is InChI=1S/C10H18N4O2/c11-10(16)14(8-1-2-8)7-9(15)13-5-3-12-4-6-13/h8,12H,1-7H2,(H2,11,16). The van der Waals surface area contributed by atoms with Crippen molar-refractivity contribution in [1.82, 2.24) is 15.1 Å². The van der Waals surface area contributed by atoms with Crippen molar-refractivity contribution < 1.29 is 9.59 Å². The maximum atomic E-state index is 11.9. The molecule has 16 heavy (non-hydrogen) atoms. The van der Waals surface area contributed by atoms with E-state index >= 15 is 0 Å². The van der Waals surface area contributed by atoms with Crippen molar-refractivity contribution in [2.75, 3.05) is 32.7 Å². The second-order valence-electron chi connectivity index (χ2n) is 4.33. The van der Waals surface area contributed by atoms with Crippen LogP contribution in [0.4, 0.5) is 4.79 Å². The zero-order valence-electron chi connectivity index (χ0n) is 9.32. The second kappa shape index (κ2) is 4.69. The molecule has 1 saturated carbocycles. The molecule has 0 bridgehead atoms. The molecular weight excluding hydrogens is 208 g/mol. The maximum absolute atomic E-state index is 11.9. The van der Waals surface area contributed by atoms with Crippen LogP contribution in [0.25, 0.3) is 0 Å². The van der Waals surface area contributed by atoms with Gasteiger partial charge < -0.3 is 20.9 Å². The zero-order valence-corrected chi connectivity index (χ0v) is 9.32. The second-order valence-corrected chi connectivity index (χ2v) is 4.33. The highest BCUT2D eigenvalue weighted by Crippen LogP contribution is 2.26. The Morgan fingerprint density at radius 1 is 1.31 bits per heavy atom. The molecule has 1 saturated heterocycles. The lowest BCUT2D eigenvalue weighted by Crippen LogP contribution is -2.51. The Kier molecular flexibility index (Phi) is 3.28. The van der Waals surface area contributed by atoms with Gasteiger partial charge in [0.15, 0.2) is 0 Å². The number of urea groups is 1. The first-order valence-corrected chi connectivity index (χ1v) is 5.73. The average molecular weight is 226 g/mol. The quantitative estimate of drug-likeness (QED) is 0.645.